The van der Waals surface area contributed by atoms with Gasteiger partial charge in [-0.05, 0) is 74.4 Å². The Morgan fingerprint density at radius 2 is 1.79 bits per heavy atom. The summed E-state index contributed by atoms with van der Waals surface area (Å²) in [5, 5.41) is 11.0. The monoisotopic (exact) mass is 578 g/mol. The molecule has 2 aromatic carbocycles. The Labute approximate surface area is 233 Å². The van der Waals surface area contributed by atoms with Gasteiger partial charge in [-0.2, -0.15) is 0 Å². The molecule has 1 spiro atoms. The van der Waals surface area contributed by atoms with Gasteiger partial charge < -0.3 is 10.0 Å². The van der Waals surface area contributed by atoms with Gasteiger partial charge in [-0.15, -0.1) is 0 Å². The van der Waals surface area contributed by atoms with E-state index in [1.165, 1.54) is 0 Å². The van der Waals surface area contributed by atoms with Gasteiger partial charge >= 0.3 is 5.97 Å². The van der Waals surface area contributed by atoms with E-state index in [0.717, 1.165) is 11.1 Å². The van der Waals surface area contributed by atoms with Crippen molar-refractivity contribution in [3.63, 3.8) is 0 Å². The van der Waals surface area contributed by atoms with Crippen molar-refractivity contribution in [2.45, 2.75) is 68.7 Å². The number of carboxylic acids is 1. The molecule has 7 nitrogen and oxygen atoms in total. The maximum Gasteiger partial charge on any atom is 0.307 e. The molecular weight excluding hydrogens is 547 g/mol. The van der Waals surface area contributed by atoms with Crippen LogP contribution in [0.3, 0.4) is 0 Å². The standard InChI is InChI=1S/C28H32Cl2N2O5S/c1-3-21(16-31-38(36,37)27(2)11-12-27)32-24(17-7-9-19(29)10-8-17)22(18-5-4-6-20(30)13-18)14-28(26(32)35)15-23(28)25(33)34/h4-10,13,21-24,31H,3,11-12,14-16H2,1-2H3,(H,33,34)/t21-,22+,23?,24+,28?/m0/s1. The van der Waals surface area contributed by atoms with E-state index in [1.54, 1.807) is 30.0 Å². The van der Waals surface area contributed by atoms with Crippen molar-refractivity contribution < 1.29 is 23.1 Å². The zero-order valence-corrected chi connectivity index (χ0v) is 23.7. The van der Waals surface area contributed by atoms with Crippen LogP contribution in [0.2, 0.25) is 10.0 Å². The van der Waals surface area contributed by atoms with Crippen molar-refractivity contribution in [2.24, 2.45) is 11.3 Å². The molecule has 1 amide bonds. The van der Waals surface area contributed by atoms with Crippen LogP contribution in [0.5, 0.6) is 0 Å². The second kappa shape index (κ2) is 9.81. The van der Waals surface area contributed by atoms with E-state index in [-0.39, 0.29) is 24.8 Å². The lowest BCUT2D eigenvalue weighted by Gasteiger charge is -2.49. The molecule has 2 unspecified atom stereocenters. The summed E-state index contributed by atoms with van der Waals surface area (Å²) in [6.07, 6.45) is 2.34. The molecule has 0 aromatic heterocycles. The summed E-state index contributed by atoms with van der Waals surface area (Å²) in [4.78, 5) is 28.1. The number of aliphatic carboxylic acids is 1. The largest absolute Gasteiger partial charge is 0.481 e. The van der Waals surface area contributed by atoms with Gasteiger partial charge in [0, 0.05) is 28.5 Å². The first kappa shape index (κ1) is 27.4. The van der Waals surface area contributed by atoms with Crippen LogP contribution in [0.1, 0.15) is 69.0 Å². The summed E-state index contributed by atoms with van der Waals surface area (Å²) in [7, 11) is -3.56. The smallest absolute Gasteiger partial charge is 0.307 e. The van der Waals surface area contributed by atoms with Crippen LogP contribution in [0.15, 0.2) is 48.5 Å². The Kier molecular flexibility index (Phi) is 7.08. The first-order valence-electron chi connectivity index (χ1n) is 13.0. The molecule has 0 radical (unpaired) electrons. The SMILES string of the molecule is CC[C@@H](CNS(=O)(=O)C1(C)CC1)N1C(=O)C2(CC2C(=O)O)C[C@H](c2cccc(Cl)c2)[C@H]1c1ccc(Cl)cc1. The summed E-state index contributed by atoms with van der Waals surface area (Å²) >= 11 is 12.6. The molecule has 3 aliphatic rings. The fraction of sp³-hybridized carbons (Fsp3) is 0.500. The van der Waals surface area contributed by atoms with Gasteiger partial charge in [0.05, 0.1) is 22.1 Å². The number of piperidine rings is 1. The van der Waals surface area contributed by atoms with Crippen LogP contribution in [-0.4, -0.2) is 47.6 Å². The second-order valence-electron chi connectivity index (χ2n) is 11.2. The molecule has 1 aliphatic heterocycles. The molecule has 2 aliphatic carbocycles. The third-order valence-corrected chi connectivity index (χ3v) is 11.5. The maximum absolute atomic E-state index is 14.3. The molecule has 5 atom stereocenters. The number of nitrogens with zero attached hydrogens (tertiary/aromatic N) is 1. The summed E-state index contributed by atoms with van der Waals surface area (Å²) in [5.74, 6) is -2.23. The van der Waals surface area contributed by atoms with Crippen LogP contribution < -0.4 is 4.72 Å². The highest BCUT2D eigenvalue weighted by molar-refractivity contribution is 7.91. The van der Waals surface area contributed by atoms with Crippen molar-refractivity contribution in [3.8, 4) is 0 Å². The molecule has 2 aromatic rings. The first-order chi connectivity index (χ1) is 17.9. The number of nitrogens with one attached hydrogen (secondary N) is 1. The maximum atomic E-state index is 14.3. The number of carbonyl (C=O) groups is 2. The molecule has 1 heterocycles. The summed E-state index contributed by atoms with van der Waals surface area (Å²) in [6, 6.07) is 13.8. The number of carboxylic acid groups (broad SMARTS) is 1. The molecule has 1 saturated heterocycles. The molecular formula is C28H32Cl2N2O5S. The highest BCUT2D eigenvalue weighted by Crippen LogP contribution is 2.65. The van der Waals surface area contributed by atoms with Gasteiger partial charge in [0.2, 0.25) is 15.9 Å². The normalized spacial score (nSPS) is 28.8. The second-order valence-corrected chi connectivity index (χ2v) is 14.3. The Morgan fingerprint density at radius 1 is 1.11 bits per heavy atom. The molecule has 3 fully saturated rings. The van der Waals surface area contributed by atoms with Crippen molar-refractivity contribution in [1.29, 1.82) is 0 Å². The number of hydrogen-bond donors (Lipinski definition) is 2. The number of benzene rings is 2. The number of amides is 1. The molecule has 204 valence electrons. The predicted molar refractivity (Wildman–Crippen MR) is 147 cm³/mol. The van der Waals surface area contributed by atoms with Crippen LogP contribution >= 0.6 is 23.2 Å². The summed E-state index contributed by atoms with van der Waals surface area (Å²) in [5.41, 5.74) is 0.730. The van der Waals surface area contributed by atoms with E-state index in [0.29, 0.717) is 35.7 Å². The van der Waals surface area contributed by atoms with E-state index in [9.17, 15) is 23.1 Å². The van der Waals surface area contributed by atoms with Crippen LogP contribution in [-0.2, 0) is 19.6 Å². The fourth-order valence-electron chi connectivity index (χ4n) is 6.01. The van der Waals surface area contributed by atoms with Crippen LogP contribution in [0.4, 0.5) is 0 Å². The lowest BCUT2D eigenvalue weighted by molar-refractivity contribution is -0.153. The van der Waals surface area contributed by atoms with E-state index < -0.39 is 44.2 Å². The molecule has 38 heavy (non-hydrogen) atoms. The zero-order valence-electron chi connectivity index (χ0n) is 21.4. The minimum atomic E-state index is -3.56. The topological polar surface area (TPSA) is 104 Å². The minimum Gasteiger partial charge on any atom is -0.481 e. The Hall–Kier alpha value is -2.13. The van der Waals surface area contributed by atoms with Gasteiger partial charge in [0.15, 0.2) is 0 Å². The lowest BCUT2D eigenvalue weighted by Crippen LogP contribution is -2.56. The lowest BCUT2D eigenvalue weighted by atomic mass is 9.72. The number of halogens is 2. The average molecular weight is 580 g/mol. The number of hydrogen-bond acceptors (Lipinski definition) is 4. The highest BCUT2D eigenvalue weighted by atomic mass is 35.5. The van der Waals surface area contributed by atoms with E-state index in [2.05, 4.69) is 4.72 Å². The van der Waals surface area contributed by atoms with E-state index in [1.807, 2.05) is 37.3 Å². The number of sulfonamides is 1. The Balaban J connectivity index is 1.60. The fourth-order valence-corrected chi connectivity index (χ4v) is 7.73. The van der Waals surface area contributed by atoms with Gasteiger partial charge in [-0.3, -0.25) is 9.59 Å². The van der Waals surface area contributed by atoms with Crippen molar-refractivity contribution >= 4 is 45.1 Å². The van der Waals surface area contributed by atoms with Gasteiger partial charge in [0.1, 0.15) is 0 Å². The van der Waals surface area contributed by atoms with Crippen LogP contribution in [0, 0.1) is 11.3 Å². The molecule has 0 bridgehead atoms. The van der Waals surface area contributed by atoms with E-state index >= 15 is 0 Å². The molecule has 5 rings (SSSR count). The average Bonchev–Trinajstić information content (AvgIpc) is 3.79. The summed E-state index contributed by atoms with van der Waals surface area (Å²) in [6.45, 7) is 3.70. The number of likely N-dealkylation sites (tertiary alicyclic amines) is 1. The third-order valence-electron chi connectivity index (χ3n) is 8.76. The van der Waals surface area contributed by atoms with Crippen molar-refractivity contribution in [2.75, 3.05) is 6.54 Å². The van der Waals surface area contributed by atoms with Gasteiger partial charge in [-0.25, -0.2) is 13.1 Å². The van der Waals surface area contributed by atoms with Crippen molar-refractivity contribution in [1.82, 2.24) is 9.62 Å². The third kappa shape index (κ3) is 4.74. The highest BCUT2D eigenvalue weighted by Gasteiger charge is 2.69. The first-order valence-corrected chi connectivity index (χ1v) is 15.2. The quantitative estimate of drug-likeness (QED) is 0.415. The molecule has 10 heteroatoms. The summed E-state index contributed by atoms with van der Waals surface area (Å²) < 4.78 is 27.9. The molecule has 2 saturated carbocycles. The number of rotatable bonds is 9. The zero-order chi connectivity index (χ0) is 27.5. The van der Waals surface area contributed by atoms with Gasteiger partial charge in [-0.1, -0.05) is 54.4 Å². The Bertz CT molecular complexity index is 1360. The molecule has 2 N–H and O–H groups in total. The van der Waals surface area contributed by atoms with Crippen LogP contribution in [0.25, 0.3) is 0 Å². The Morgan fingerprint density at radius 3 is 2.34 bits per heavy atom. The van der Waals surface area contributed by atoms with Gasteiger partial charge in [0.25, 0.3) is 0 Å². The van der Waals surface area contributed by atoms with Crippen molar-refractivity contribution in [3.05, 3.63) is 69.7 Å². The minimum absolute atomic E-state index is 0.0559. The number of carbonyl (C=O) groups excluding carboxylic acids is 1. The predicted octanol–water partition coefficient (Wildman–Crippen LogP) is 5.39. The van der Waals surface area contributed by atoms with E-state index in [4.69, 9.17) is 23.2 Å².